The maximum Gasteiger partial charge on any atom is 0.315 e. The highest BCUT2D eigenvalue weighted by Gasteiger charge is 2.33. The van der Waals surface area contributed by atoms with E-state index >= 15 is 0 Å². The Morgan fingerprint density at radius 3 is 2.49 bits per heavy atom. The first-order valence-electron chi connectivity index (χ1n) is 12.2. The largest absolute Gasteiger partial charge is 0.382 e. The van der Waals surface area contributed by atoms with E-state index in [1.807, 2.05) is 12.3 Å². The molecule has 0 radical (unpaired) electrons. The van der Waals surface area contributed by atoms with Crippen LogP contribution in [0.5, 0.6) is 0 Å². The van der Waals surface area contributed by atoms with Crippen molar-refractivity contribution in [2.24, 2.45) is 4.99 Å². The van der Waals surface area contributed by atoms with E-state index in [9.17, 15) is 8.78 Å². The number of hydrogen-bond donors (Lipinski definition) is 2. The van der Waals surface area contributed by atoms with Crippen LogP contribution in [0, 0.1) is 0 Å². The maximum atomic E-state index is 13.0. The van der Waals surface area contributed by atoms with Gasteiger partial charge in [0.25, 0.3) is 5.89 Å². The van der Waals surface area contributed by atoms with Crippen molar-refractivity contribution in [1.82, 2.24) is 25.3 Å². The molecule has 1 fully saturated rings. The SMILES string of the molecule is CC(C)(C)NCCNc1ccc(-c2noc(C(F)F)n2)nc1C1CCN(C2=CC=NC2(C)C)CC1. The number of aliphatic imine (C=N–C) groups is 1. The zero-order valence-corrected chi connectivity index (χ0v) is 21.1. The predicted octanol–water partition coefficient (Wildman–Crippen LogP) is 4.80. The first-order chi connectivity index (χ1) is 16.5. The molecule has 0 aromatic carbocycles. The van der Waals surface area contributed by atoms with Gasteiger partial charge in [-0.2, -0.15) is 13.8 Å². The van der Waals surface area contributed by atoms with Crippen LogP contribution in [-0.2, 0) is 0 Å². The van der Waals surface area contributed by atoms with Crippen LogP contribution in [0.1, 0.15) is 71.4 Å². The molecule has 10 heteroatoms. The predicted molar refractivity (Wildman–Crippen MR) is 133 cm³/mol. The molecule has 8 nitrogen and oxygen atoms in total. The smallest absolute Gasteiger partial charge is 0.315 e. The summed E-state index contributed by atoms with van der Waals surface area (Å²) in [6.45, 7) is 14.0. The topological polar surface area (TPSA) is 91.5 Å². The molecule has 2 aliphatic heterocycles. The van der Waals surface area contributed by atoms with E-state index in [2.05, 4.69) is 71.4 Å². The van der Waals surface area contributed by atoms with Crippen LogP contribution in [0.25, 0.3) is 11.5 Å². The summed E-state index contributed by atoms with van der Waals surface area (Å²) in [4.78, 5) is 15.7. The maximum absolute atomic E-state index is 13.0. The molecule has 0 saturated carbocycles. The third-order valence-electron chi connectivity index (χ3n) is 6.36. The van der Waals surface area contributed by atoms with E-state index < -0.39 is 12.3 Å². The Bertz CT molecular complexity index is 1080. The number of alkyl halides is 2. The summed E-state index contributed by atoms with van der Waals surface area (Å²) >= 11 is 0. The number of pyridine rings is 1. The summed E-state index contributed by atoms with van der Waals surface area (Å²) in [5.74, 6) is -0.395. The van der Waals surface area contributed by atoms with Gasteiger partial charge in [-0.3, -0.25) is 4.99 Å². The zero-order chi connectivity index (χ0) is 25.2. The second kappa shape index (κ2) is 10.0. The van der Waals surface area contributed by atoms with Gasteiger partial charge in [-0.1, -0.05) is 5.16 Å². The van der Waals surface area contributed by atoms with Crippen molar-refractivity contribution in [2.45, 2.75) is 70.9 Å². The molecule has 2 aromatic heterocycles. The third kappa shape index (κ3) is 6.04. The summed E-state index contributed by atoms with van der Waals surface area (Å²) in [6.07, 6.45) is 3.03. The Morgan fingerprint density at radius 1 is 1.14 bits per heavy atom. The summed E-state index contributed by atoms with van der Waals surface area (Å²) < 4.78 is 30.6. The van der Waals surface area contributed by atoms with Gasteiger partial charge < -0.3 is 20.1 Å². The van der Waals surface area contributed by atoms with E-state index in [0.29, 0.717) is 5.69 Å². The molecule has 2 aliphatic rings. The number of piperidine rings is 1. The number of hydrogen-bond acceptors (Lipinski definition) is 8. The molecule has 190 valence electrons. The molecule has 4 heterocycles. The minimum Gasteiger partial charge on any atom is -0.382 e. The second-order valence-electron chi connectivity index (χ2n) is 10.6. The molecule has 1 saturated heterocycles. The summed E-state index contributed by atoms with van der Waals surface area (Å²) in [7, 11) is 0. The highest BCUT2D eigenvalue weighted by Crippen LogP contribution is 2.37. The van der Waals surface area contributed by atoms with Crippen molar-refractivity contribution < 1.29 is 13.3 Å². The molecule has 4 rings (SSSR count). The highest BCUT2D eigenvalue weighted by atomic mass is 19.3. The fourth-order valence-electron chi connectivity index (χ4n) is 4.57. The quantitative estimate of drug-likeness (QED) is 0.517. The number of likely N-dealkylation sites (tertiary alicyclic amines) is 1. The van der Waals surface area contributed by atoms with Crippen molar-refractivity contribution in [3.05, 3.63) is 35.5 Å². The first kappa shape index (κ1) is 25.2. The molecular formula is C25H35F2N7O. The van der Waals surface area contributed by atoms with Crippen LogP contribution >= 0.6 is 0 Å². The van der Waals surface area contributed by atoms with Gasteiger partial charge in [-0.15, -0.1) is 0 Å². The number of halogens is 2. The van der Waals surface area contributed by atoms with Gasteiger partial charge in [-0.05, 0) is 65.7 Å². The summed E-state index contributed by atoms with van der Waals surface area (Å²) in [6, 6.07) is 3.69. The lowest BCUT2D eigenvalue weighted by atomic mass is 9.90. The van der Waals surface area contributed by atoms with Gasteiger partial charge in [0.1, 0.15) is 5.69 Å². The average molecular weight is 488 g/mol. The minimum atomic E-state index is -2.81. The van der Waals surface area contributed by atoms with E-state index in [-0.39, 0.29) is 22.8 Å². The number of nitrogens with zero attached hydrogens (tertiary/aromatic N) is 5. The number of nitrogens with one attached hydrogen (secondary N) is 2. The van der Waals surface area contributed by atoms with E-state index in [1.165, 1.54) is 5.70 Å². The molecule has 0 unspecified atom stereocenters. The lowest BCUT2D eigenvalue weighted by molar-refractivity contribution is 0.106. The number of aromatic nitrogens is 3. The van der Waals surface area contributed by atoms with Crippen LogP contribution < -0.4 is 10.6 Å². The Labute approximate surface area is 205 Å². The molecule has 0 amide bonds. The normalized spacial score (nSPS) is 18.4. The Hall–Kier alpha value is -2.88. The fourth-order valence-corrected chi connectivity index (χ4v) is 4.57. The van der Waals surface area contributed by atoms with Crippen molar-refractivity contribution in [3.63, 3.8) is 0 Å². The Kier molecular flexibility index (Phi) is 7.21. The molecule has 0 bridgehead atoms. The first-order valence-corrected chi connectivity index (χ1v) is 12.2. The molecule has 2 N–H and O–H groups in total. The second-order valence-corrected chi connectivity index (χ2v) is 10.6. The van der Waals surface area contributed by atoms with Gasteiger partial charge in [0.15, 0.2) is 0 Å². The molecular weight excluding hydrogens is 452 g/mol. The zero-order valence-electron chi connectivity index (χ0n) is 21.1. The monoisotopic (exact) mass is 487 g/mol. The van der Waals surface area contributed by atoms with Crippen molar-refractivity contribution >= 4 is 11.9 Å². The van der Waals surface area contributed by atoms with Gasteiger partial charge in [0.2, 0.25) is 5.82 Å². The van der Waals surface area contributed by atoms with Crippen LogP contribution in [0.2, 0.25) is 0 Å². The van der Waals surface area contributed by atoms with Gasteiger partial charge in [0.05, 0.1) is 16.9 Å². The van der Waals surface area contributed by atoms with Crippen molar-refractivity contribution in [3.8, 4) is 11.5 Å². The Morgan fingerprint density at radius 2 is 1.89 bits per heavy atom. The number of rotatable bonds is 8. The van der Waals surface area contributed by atoms with Crippen LogP contribution in [0.4, 0.5) is 14.5 Å². The van der Waals surface area contributed by atoms with Gasteiger partial charge >= 0.3 is 6.43 Å². The minimum absolute atomic E-state index is 0.0346. The fraction of sp³-hybridized carbons (Fsp3) is 0.600. The summed E-state index contributed by atoms with van der Waals surface area (Å²) in [5, 5.41) is 10.7. The number of allylic oxidation sites excluding steroid dienone is 1. The molecule has 0 aliphatic carbocycles. The standard InChI is InChI=1S/C25H35F2N7O/c1-24(2,3)29-13-12-28-17-6-7-18(22-32-23(21(26)27)35-33-22)31-20(17)16-9-14-34(15-10-16)19-8-11-30-25(19,4)5/h6-8,11,16,21,28-29H,9-10,12-15H2,1-5H3. The average Bonchev–Trinajstić information content (AvgIpc) is 3.43. The van der Waals surface area contributed by atoms with Crippen LogP contribution in [-0.4, -0.2) is 63.5 Å². The lowest BCUT2D eigenvalue weighted by Crippen LogP contribution is -2.39. The highest BCUT2D eigenvalue weighted by molar-refractivity contribution is 5.76. The molecule has 0 spiro atoms. The molecule has 2 aromatic rings. The van der Waals surface area contributed by atoms with E-state index in [4.69, 9.17) is 9.51 Å². The van der Waals surface area contributed by atoms with Gasteiger partial charge in [0, 0.05) is 49.5 Å². The lowest BCUT2D eigenvalue weighted by Gasteiger charge is -2.38. The molecule has 0 atom stereocenters. The van der Waals surface area contributed by atoms with E-state index in [0.717, 1.165) is 50.4 Å². The van der Waals surface area contributed by atoms with Crippen molar-refractivity contribution in [2.75, 3.05) is 31.5 Å². The van der Waals surface area contributed by atoms with Crippen LogP contribution in [0.15, 0.2) is 33.4 Å². The molecule has 35 heavy (non-hydrogen) atoms. The van der Waals surface area contributed by atoms with E-state index in [1.54, 1.807) is 6.07 Å². The van der Waals surface area contributed by atoms with Crippen LogP contribution in [0.3, 0.4) is 0 Å². The Balaban J connectivity index is 1.52. The van der Waals surface area contributed by atoms with Gasteiger partial charge in [-0.25, -0.2) is 4.98 Å². The number of anilines is 1. The third-order valence-corrected chi connectivity index (χ3v) is 6.36. The summed E-state index contributed by atoms with van der Waals surface area (Å²) in [5.41, 5.74) is 3.38. The van der Waals surface area contributed by atoms with Crippen molar-refractivity contribution in [1.29, 1.82) is 0 Å².